The van der Waals surface area contributed by atoms with Gasteiger partial charge in [-0.15, -0.1) is 0 Å². The van der Waals surface area contributed by atoms with Crippen LogP contribution in [-0.2, 0) is 4.79 Å². The number of pyridine rings is 1. The Morgan fingerprint density at radius 3 is 2.71 bits per heavy atom. The summed E-state index contributed by atoms with van der Waals surface area (Å²) < 4.78 is 13.8. The number of rotatable bonds is 4. The van der Waals surface area contributed by atoms with E-state index in [9.17, 15) is 14.0 Å². The van der Waals surface area contributed by atoms with Gasteiger partial charge in [-0.1, -0.05) is 26.0 Å². The molecule has 2 N–H and O–H groups in total. The van der Waals surface area contributed by atoms with Crippen molar-refractivity contribution in [2.45, 2.75) is 26.3 Å². The second-order valence-electron chi connectivity index (χ2n) is 7.58. The molecule has 1 fully saturated rings. The summed E-state index contributed by atoms with van der Waals surface area (Å²) in [5.74, 6) is -0.711. The molecule has 1 aromatic heterocycles. The van der Waals surface area contributed by atoms with Gasteiger partial charge >= 0.3 is 0 Å². The smallest absolute Gasteiger partial charge is 0.254 e. The molecule has 1 aliphatic heterocycles. The lowest BCUT2D eigenvalue weighted by Crippen LogP contribution is -2.57. The number of hydrogen-bond donors (Lipinski definition) is 1. The van der Waals surface area contributed by atoms with Crippen molar-refractivity contribution in [1.82, 2.24) is 14.8 Å². The Balaban J connectivity index is 1.91. The van der Waals surface area contributed by atoms with Crippen LogP contribution in [0.15, 0.2) is 36.5 Å². The molecule has 28 heavy (non-hydrogen) atoms. The van der Waals surface area contributed by atoms with Crippen LogP contribution in [0.4, 0.5) is 10.2 Å². The van der Waals surface area contributed by atoms with Gasteiger partial charge in [0.25, 0.3) is 5.91 Å². The fourth-order valence-electron chi connectivity index (χ4n) is 3.43. The predicted octanol–water partition coefficient (Wildman–Crippen LogP) is 2.80. The molecule has 1 atom stereocenters. The Morgan fingerprint density at radius 2 is 2.04 bits per heavy atom. The fourth-order valence-corrected chi connectivity index (χ4v) is 3.43. The van der Waals surface area contributed by atoms with Crippen LogP contribution >= 0.6 is 0 Å². The van der Waals surface area contributed by atoms with E-state index in [0.29, 0.717) is 36.2 Å². The first-order valence-corrected chi connectivity index (χ1v) is 9.35. The van der Waals surface area contributed by atoms with Crippen LogP contribution in [-0.4, -0.2) is 52.8 Å². The number of nitrogens with two attached hydrogens (primary N) is 1. The zero-order valence-corrected chi connectivity index (χ0v) is 16.4. The Hall–Kier alpha value is -2.96. The monoisotopic (exact) mass is 384 g/mol. The summed E-state index contributed by atoms with van der Waals surface area (Å²) in [5.41, 5.74) is 7.10. The average Bonchev–Trinajstić information content (AvgIpc) is 2.67. The van der Waals surface area contributed by atoms with Crippen LogP contribution in [0.1, 0.15) is 30.6 Å². The molecule has 0 spiro atoms. The van der Waals surface area contributed by atoms with Crippen molar-refractivity contribution in [2.75, 3.05) is 25.9 Å². The highest BCUT2D eigenvalue weighted by atomic mass is 19.1. The number of carbonyl (C=O) groups is 2. The van der Waals surface area contributed by atoms with Crippen molar-refractivity contribution in [1.29, 1.82) is 0 Å². The van der Waals surface area contributed by atoms with E-state index in [0.717, 1.165) is 0 Å². The number of carbonyl (C=O) groups excluding carboxylic acids is 2. The average molecular weight is 384 g/mol. The highest BCUT2D eigenvalue weighted by molar-refractivity contribution is 5.99. The molecule has 0 radical (unpaired) electrons. The highest BCUT2D eigenvalue weighted by Gasteiger charge is 2.36. The number of hydrogen-bond acceptors (Lipinski definition) is 4. The maximum absolute atomic E-state index is 13.8. The number of amides is 2. The van der Waals surface area contributed by atoms with Crippen molar-refractivity contribution in [3.8, 4) is 11.1 Å². The summed E-state index contributed by atoms with van der Waals surface area (Å²) in [5, 5.41) is 0. The molecule has 2 aromatic rings. The summed E-state index contributed by atoms with van der Waals surface area (Å²) >= 11 is 0. The molecule has 3 rings (SSSR count). The largest absolute Gasteiger partial charge is 0.381 e. The Bertz CT molecular complexity index is 900. The van der Waals surface area contributed by atoms with E-state index < -0.39 is 11.9 Å². The van der Waals surface area contributed by atoms with E-state index in [2.05, 4.69) is 4.98 Å². The van der Waals surface area contributed by atoms with E-state index in [1.54, 1.807) is 41.1 Å². The molecule has 0 bridgehead atoms. The van der Waals surface area contributed by atoms with E-state index in [4.69, 9.17) is 5.73 Å². The van der Waals surface area contributed by atoms with Crippen LogP contribution in [0.3, 0.4) is 0 Å². The summed E-state index contributed by atoms with van der Waals surface area (Å²) in [4.78, 5) is 33.0. The van der Waals surface area contributed by atoms with Crippen molar-refractivity contribution in [3.05, 3.63) is 47.9 Å². The van der Waals surface area contributed by atoms with Gasteiger partial charge in [0.2, 0.25) is 5.91 Å². The van der Waals surface area contributed by atoms with Gasteiger partial charge in [-0.3, -0.25) is 9.59 Å². The summed E-state index contributed by atoms with van der Waals surface area (Å²) in [6.45, 7) is 5.06. The van der Waals surface area contributed by atoms with Crippen molar-refractivity contribution >= 4 is 17.6 Å². The Morgan fingerprint density at radius 1 is 1.29 bits per heavy atom. The molecular formula is C21H25FN4O2. The van der Waals surface area contributed by atoms with Crippen LogP contribution < -0.4 is 5.73 Å². The Kier molecular flexibility index (Phi) is 5.63. The quantitative estimate of drug-likeness (QED) is 0.879. The van der Waals surface area contributed by atoms with Gasteiger partial charge in [0.05, 0.1) is 0 Å². The molecular weight excluding hydrogens is 359 g/mol. The molecule has 0 aliphatic carbocycles. The molecule has 1 saturated heterocycles. The van der Waals surface area contributed by atoms with Gasteiger partial charge in [0.15, 0.2) is 11.6 Å². The van der Waals surface area contributed by atoms with Gasteiger partial charge in [-0.05, 0) is 36.1 Å². The first kappa shape index (κ1) is 19.8. The lowest BCUT2D eigenvalue weighted by Gasteiger charge is -2.40. The molecule has 148 valence electrons. The number of likely N-dealkylation sites (N-methyl/N-ethyl adjacent to an activating group) is 1. The zero-order chi connectivity index (χ0) is 20.4. The van der Waals surface area contributed by atoms with Crippen molar-refractivity contribution in [2.24, 2.45) is 5.92 Å². The molecule has 1 aromatic carbocycles. The number of piperazine rings is 1. The predicted molar refractivity (Wildman–Crippen MR) is 106 cm³/mol. The number of anilines is 1. The maximum atomic E-state index is 13.8. The third-order valence-electron chi connectivity index (χ3n) is 4.98. The molecule has 7 heteroatoms. The third-order valence-corrected chi connectivity index (χ3v) is 4.98. The number of halogens is 1. The van der Waals surface area contributed by atoms with Crippen molar-refractivity contribution < 1.29 is 14.0 Å². The minimum Gasteiger partial charge on any atom is -0.381 e. The van der Waals surface area contributed by atoms with Crippen LogP contribution in [0.5, 0.6) is 0 Å². The fraction of sp³-hybridized carbons (Fsp3) is 0.381. The third kappa shape index (κ3) is 3.98. The van der Waals surface area contributed by atoms with Crippen LogP contribution in [0, 0.1) is 11.7 Å². The number of benzene rings is 1. The van der Waals surface area contributed by atoms with Crippen LogP contribution in [0.2, 0.25) is 0 Å². The number of nitrogen functional groups attached to an aromatic ring is 1. The lowest BCUT2D eigenvalue weighted by atomic mass is 9.97. The first-order chi connectivity index (χ1) is 13.3. The van der Waals surface area contributed by atoms with Gasteiger partial charge in [-0.25, -0.2) is 9.37 Å². The molecule has 1 aliphatic rings. The maximum Gasteiger partial charge on any atom is 0.254 e. The van der Waals surface area contributed by atoms with Crippen molar-refractivity contribution in [3.63, 3.8) is 0 Å². The van der Waals surface area contributed by atoms with Crippen LogP contribution in [0.25, 0.3) is 11.1 Å². The molecule has 6 nitrogen and oxygen atoms in total. The van der Waals surface area contributed by atoms with E-state index in [1.807, 2.05) is 13.8 Å². The number of nitrogens with zero attached hydrogens (tertiary/aromatic N) is 3. The molecule has 2 amide bonds. The molecule has 1 unspecified atom stereocenters. The van der Waals surface area contributed by atoms with Gasteiger partial charge in [0.1, 0.15) is 6.04 Å². The topological polar surface area (TPSA) is 79.5 Å². The minimum atomic E-state index is -0.601. The highest BCUT2D eigenvalue weighted by Crippen LogP contribution is 2.25. The summed E-state index contributed by atoms with van der Waals surface area (Å²) in [7, 11) is 1.76. The minimum absolute atomic E-state index is 0.0331. The second kappa shape index (κ2) is 7.96. The molecule has 2 heterocycles. The molecule has 0 saturated carbocycles. The zero-order valence-electron chi connectivity index (χ0n) is 16.4. The second-order valence-corrected chi connectivity index (χ2v) is 7.58. The van der Waals surface area contributed by atoms with E-state index in [-0.39, 0.29) is 23.6 Å². The van der Waals surface area contributed by atoms with Gasteiger partial charge in [0, 0.05) is 37.5 Å². The van der Waals surface area contributed by atoms with Gasteiger partial charge < -0.3 is 15.5 Å². The van der Waals surface area contributed by atoms with E-state index >= 15 is 0 Å². The standard InChI is InChI=1S/C21H25FN4O2/c1-13(2)9-18-21(28)25(3)7-8-26(18)20(27)15-6-4-5-14(10-15)16-11-17(22)19(23)24-12-16/h4-6,10-13,18H,7-9H2,1-3H3,(H2,23,24). The number of aromatic nitrogens is 1. The first-order valence-electron chi connectivity index (χ1n) is 9.35. The Labute approximate surface area is 164 Å². The summed E-state index contributed by atoms with van der Waals surface area (Å²) in [6, 6.07) is 7.76. The normalized spacial score (nSPS) is 17.3. The summed E-state index contributed by atoms with van der Waals surface area (Å²) in [6.07, 6.45) is 2.09. The SMILES string of the molecule is CC(C)CC1C(=O)N(C)CCN1C(=O)c1cccc(-c2cnc(N)c(F)c2)c1. The lowest BCUT2D eigenvalue weighted by molar-refractivity contribution is -0.139. The van der Waals surface area contributed by atoms with Gasteiger partial charge in [-0.2, -0.15) is 0 Å². The van der Waals surface area contributed by atoms with E-state index in [1.165, 1.54) is 12.3 Å².